The zero-order valence-electron chi connectivity index (χ0n) is 12.1. The fourth-order valence-electron chi connectivity index (χ4n) is 3.12. The zero-order chi connectivity index (χ0) is 13.0. The molecule has 0 aromatic carbocycles. The van der Waals surface area contributed by atoms with Gasteiger partial charge in [-0.3, -0.25) is 4.68 Å². The van der Waals surface area contributed by atoms with E-state index >= 15 is 0 Å². The van der Waals surface area contributed by atoms with Gasteiger partial charge in [0.15, 0.2) is 0 Å². The maximum absolute atomic E-state index is 4.24. The van der Waals surface area contributed by atoms with E-state index in [2.05, 4.69) is 30.5 Å². The second kappa shape index (κ2) is 5.87. The lowest BCUT2D eigenvalue weighted by Gasteiger charge is -2.24. The molecule has 1 aliphatic rings. The third-order valence-electron chi connectivity index (χ3n) is 4.29. The van der Waals surface area contributed by atoms with E-state index in [1.165, 1.54) is 50.6 Å². The lowest BCUT2D eigenvalue weighted by molar-refractivity contribution is 0.298. The summed E-state index contributed by atoms with van der Waals surface area (Å²) in [6, 6.07) is 0.754. The van der Waals surface area contributed by atoms with Gasteiger partial charge < -0.3 is 5.32 Å². The van der Waals surface area contributed by atoms with Crippen LogP contribution in [-0.4, -0.2) is 22.4 Å². The second-order valence-corrected chi connectivity index (χ2v) is 6.23. The highest BCUT2D eigenvalue weighted by atomic mass is 15.2. The summed E-state index contributed by atoms with van der Waals surface area (Å²) in [7, 11) is 1.99. The SMILES string of the molecule is CCCNC1CCC(C)(CCc2cnn(C)c2)C1. The molecule has 0 spiro atoms. The Hall–Kier alpha value is -0.830. The summed E-state index contributed by atoms with van der Waals surface area (Å²) in [6.07, 6.45) is 11.9. The molecule has 2 rings (SSSR count). The molecule has 0 radical (unpaired) electrons. The maximum atomic E-state index is 4.24. The Morgan fingerprint density at radius 2 is 2.39 bits per heavy atom. The van der Waals surface area contributed by atoms with Gasteiger partial charge in [-0.2, -0.15) is 5.10 Å². The highest BCUT2D eigenvalue weighted by Crippen LogP contribution is 2.41. The molecule has 0 bridgehead atoms. The van der Waals surface area contributed by atoms with Crippen molar-refractivity contribution in [3.05, 3.63) is 18.0 Å². The fourth-order valence-corrected chi connectivity index (χ4v) is 3.12. The average molecular weight is 249 g/mol. The van der Waals surface area contributed by atoms with Crippen LogP contribution in [-0.2, 0) is 13.5 Å². The number of hydrogen-bond donors (Lipinski definition) is 1. The topological polar surface area (TPSA) is 29.9 Å². The van der Waals surface area contributed by atoms with Crippen molar-refractivity contribution in [1.29, 1.82) is 0 Å². The second-order valence-electron chi connectivity index (χ2n) is 6.23. The minimum Gasteiger partial charge on any atom is -0.314 e. The number of rotatable bonds is 6. The van der Waals surface area contributed by atoms with Crippen LogP contribution in [0.4, 0.5) is 0 Å². The third kappa shape index (κ3) is 3.58. The van der Waals surface area contributed by atoms with Crippen molar-refractivity contribution in [3.8, 4) is 0 Å². The van der Waals surface area contributed by atoms with Gasteiger partial charge in [0.25, 0.3) is 0 Å². The normalized spacial score (nSPS) is 27.8. The van der Waals surface area contributed by atoms with Gasteiger partial charge in [0.05, 0.1) is 6.20 Å². The molecule has 1 N–H and O–H groups in total. The predicted octanol–water partition coefficient (Wildman–Crippen LogP) is 2.91. The summed E-state index contributed by atoms with van der Waals surface area (Å²) in [6.45, 7) is 5.86. The highest BCUT2D eigenvalue weighted by Gasteiger charge is 2.34. The molecule has 1 aliphatic carbocycles. The van der Waals surface area contributed by atoms with E-state index < -0.39 is 0 Å². The van der Waals surface area contributed by atoms with Crippen molar-refractivity contribution < 1.29 is 0 Å². The van der Waals surface area contributed by atoms with Crippen molar-refractivity contribution in [3.63, 3.8) is 0 Å². The van der Waals surface area contributed by atoms with Crippen LogP contribution in [0.25, 0.3) is 0 Å². The Kier molecular flexibility index (Phi) is 4.44. The molecular weight excluding hydrogens is 222 g/mol. The minimum atomic E-state index is 0.529. The van der Waals surface area contributed by atoms with Gasteiger partial charge in [-0.1, -0.05) is 13.8 Å². The van der Waals surface area contributed by atoms with Crippen molar-refractivity contribution in [2.45, 2.75) is 58.4 Å². The molecule has 1 heterocycles. The molecule has 1 aromatic rings. The first-order valence-corrected chi connectivity index (χ1v) is 7.32. The van der Waals surface area contributed by atoms with Gasteiger partial charge in [0.1, 0.15) is 0 Å². The molecule has 2 unspecified atom stereocenters. The van der Waals surface area contributed by atoms with Gasteiger partial charge in [0.2, 0.25) is 0 Å². The Labute approximate surface area is 111 Å². The number of nitrogens with zero attached hydrogens (tertiary/aromatic N) is 2. The van der Waals surface area contributed by atoms with E-state index in [-0.39, 0.29) is 0 Å². The molecule has 0 amide bonds. The zero-order valence-corrected chi connectivity index (χ0v) is 12.1. The first kappa shape index (κ1) is 13.6. The van der Waals surface area contributed by atoms with Crippen LogP contribution in [0.15, 0.2) is 12.4 Å². The van der Waals surface area contributed by atoms with Gasteiger partial charge in [-0.25, -0.2) is 0 Å². The smallest absolute Gasteiger partial charge is 0.0521 e. The molecule has 1 saturated carbocycles. The number of aromatic nitrogens is 2. The van der Waals surface area contributed by atoms with Crippen molar-refractivity contribution in [2.24, 2.45) is 12.5 Å². The fraction of sp³-hybridized carbons (Fsp3) is 0.800. The Bertz CT molecular complexity index is 372. The van der Waals surface area contributed by atoms with Crippen LogP contribution >= 0.6 is 0 Å². The molecule has 1 fully saturated rings. The van der Waals surface area contributed by atoms with E-state index in [1.807, 2.05) is 17.9 Å². The van der Waals surface area contributed by atoms with E-state index in [4.69, 9.17) is 0 Å². The first-order chi connectivity index (χ1) is 8.61. The summed E-state index contributed by atoms with van der Waals surface area (Å²) < 4.78 is 1.90. The largest absolute Gasteiger partial charge is 0.314 e. The molecule has 2 atom stereocenters. The summed E-state index contributed by atoms with van der Waals surface area (Å²) in [5.74, 6) is 0. The summed E-state index contributed by atoms with van der Waals surface area (Å²) in [5, 5.41) is 7.92. The maximum Gasteiger partial charge on any atom is 0.0521 e. The Morgan fingerprint density at radius 1 is 1.56 bits per heavy atom. The quantitative estimate of drug-likeness (QED) is 0.840. The third-order valence-corrected chi connectivity index (χ3v) is 4.29. The first-order valence-electron chi connectivity index (χ1n) is 7.32. The summed E-state index contributed by atoms with van der Waals surface area (Å²) >= 11 is 0. The van der Waals surface area contributed by atoms with Crippen LogP contribution in [0.5, 0.6) is 0 Å². The minimum absolute atomic E-state index is 0.529. The van der Waals surface area contributed by atoms with Crippen molar-refractivity contribution in [2.75, 3.05) is 6.54 Å². The van der Waals surface area contributed by atoms with Crippen molar-refractivity contribution >= 4 is 0 Å². The van der Waals surface area contributed by atoms with Gasteiger partial charge in [-0.05, 0) is 56.0 Å². The van der Waals surface area contributed by atoms with Crippen LogP contribution in [0.3, 0.4) is 0 Å². The molecular formula is C15H27N3. The molecule has 3 nitrogen and oxygen atoms in total. The lowest BCUT2D eigenvalue weighted by Crippen LogP contribution is -2.28. The van der Waals surface area contributed by atoms with Crippen LogP contribution in [0.2, 0.25) is 0 Å². The van der Waals surface area contributed by atoms with E-state index in [9.17, 15) is 0 Å². The van der Waals surface area contributed by atoms with Gasteiger partial charge in [0, 0.05) is 19.3 Å². The number of aryl methyl sites for hydroxylation is 2. The molecule has 0 aliphatic heterocycles. The molecule has 18 heavy (non-hydrogen) atoms. The average Bonchev–Trinajstić information content (AvgIpc) is 2.92. The predicted molar refractivity (Wildman–Crippen MR) is 75.6 cm³/mol. The molecule has 1 aromatic heterocycles. The van der Waals surface area contributed by atoms with Gasteiger partial charge in [-0.15, -0.1) is 0 Å². The summed E-state index contributed by atoms with van der Waals surface area (Å²) in [5.41, 5.74) is 1.91. The van der Waals surface area contributed by atoms with Crippen LogP contribution < -0.4 is 5.32 Å². The number of nitrogens with one attached hydrogen (secondary N) is 1. The highest BCUT2D eigenvalue weighted by molar-refractivity contribution is 5.05. The van der Waals surface area contributed by atoms with E-state index in [0.717, 1.165) is 6.04 Å². The van der Waals surface area contributed by atoms with E-state index in [0.29, 0.717) is 5.41 Å². The van der Waals surface area contributed by atoms with Gasteiger partial charge >= 0.3 is 0 Å². The molecule has 102 valence electrons. The molecule has 0 saturated heterocycles. The standard InChI is InChI=1S/C15H27N3/c1-4-9-16-14-6-8-15(2,10-14)7-5-13-11-17-18(3)12-13/h11-12,14,16H,4-10H2,1-3H3. The van der Waals surface area contributed by atoms with Crippen molar-refractivity contribution in [1.82, 2.24) is 15.1 Å². The van der Waals surface area contributed by atoms with Crippen LogP contribution in [0.1, 0.15) is 51.5 Å². The Balaban J connectivity index is 1.78. The lowest BCUT2D eigenvalue weighted by atomic mass is 9.83. The Morgan fingerprint density at radius 3 is 3.06 bits per heavy atom. The summed E-state index contributed by atoms with van der Waals surface area (Å²) in [4.78, 5) is 0. The number of hydrogen-bond acceptors (Lipinski definition) is 2. The monoisotopic (exact) mass is 249 g/mol. The molecule has 3 heteroatoms. The van der Waals surface area contributed by atoms with E-state index in [1.54, 1.807) is 0 Å². The van der Waals surface area contributed by atoms with Crippen LogP contribution in [0, 0.1) is 5.41 Å².